The first-order valence-corrected chi connectivity index (χ1v) is 7.99. The van der Waals surface area contributed by atoms with Crippen LogP contribution >= 0.6 is 7.60 Å². The standard InChI is InChI=1S/C8H7N2O3PS2/c11-14(12,13)8-6(2-5-16(8)15)7-9-3-1-4-10-7/h1-5H,(H2,11,12,13). The topological polar surface area (TPSA) is 83.3 Å². The molecule has 0 saturated carbocycles. The first-order valence-electron chi connectivity index (χ1n) is 4.16. The van der Waals surface area contributed by atoms with Gasteiger partial charge >= 0.3 is 7.60 Å². The van der Waals surface area contributed by atoms with Gasteiger partial charge in [0.1, 0.15) is 4.65 Å². The minimum absolute atomic E-state index is 0.0614. The summed E-state index contributed by atoms with van der Waals surface area (Å²) in [5.41, 5.74) is 0.340. The van der Waals surface area contributed by atoms with Crippen molar-refractivity contribution in [3.8, 4) is 0 Å². The zero-order chi connectivity index (χ0) is 11.8. The van der Waals surface area contributed by atoms with Crippen molar-refractivity contribution in [3.05, 3.63) is 40.4 Å². The molecule has 2 rings (SSSR count). The quantitative estimate of drug-likeness (QED) is 0.781. The van der Waals surface area contributed by atoms with E-state index in [1.165, 1.54) is 12.4 Å². The number of hydrogen-bond donors (Lipinski definition) is 2. The summed E-state index contributed by atoms with van der Waals surface area (Å²) in [6.45, 7) is 0. The maximum atomic E-state index is 11.3. The summed E-state index contributed by atoms with van der Waals surface area (Å²) in [4.78, 5) is 26.3. The van der Waals surface area contributed by atoms with E-state index in [9.17, 15) is 14.4 Å². The smallest absolute Gasteiger partial charge is 0.321 e. The molecule has 0 amide bonds. The lowest BCUT2D eigenvalue weighted by atomic mass is 10.3. The zero-order valence-corrected chi connectivity index (χ0v) is 10.4. The fourth-order valence-corrected chi connectivity index (χ4v) is 4.94. The van der Waals surface area contributed by atoms with E-state index in [0.717, 1.165) is 0 Å². The molecule has 1 unspecified atom stereocenters. The second-order valence-electron chi connectivity index (χ2n) is 2.94. The first kappa shape index (κ1) is 11.8. The van der Waals surface area contributed by atoms with Crippen LogP contribution in [0.3, 0.4) is 0 Å². The van der Waals surface area contributed by atoms with Crippen LogP contribution in [0, 0.1) is 0 Å². The Morgan fingerprint density at radius 2 is 1.94 bits per heavy atom. The van der Waals surface area contributed by atoms with Gasteiger partial charge in [-0.1, -0.05) is 9.45 Å². The highest BCUT2D eigenvalue weighted by molar-refractivity contribution is 8.35. The van der Waals surface area contributed by atoms with Crippen LogP contribution in [0.5, 0.6) is 0 Å². The van der Waals surface area contributed by atoms with Gasteiger partial charge in [-0.2, -0.15) is 0 Å². The van der Waals surface area contributed by atoms with Crippen LogP contribution in [0.2, 0.25) is 0 Å². The molecule has 0 aromatic carbocycles. The van der Waals surface area contributed by atoms with Crippen LogP contribution in [0.15, 0.2) is 34.6 Å². The maximum absolute atomic E-state index is 11.3. The molecule has 2 N–H and O–H groups in total. The second kappa shape index (κ2) is 4.27. The molecule has 0 spiro atoms. The highest BCUT2D eigenvalue weighted by Crippen LogP contribution is 2.52. The summed E-state index contributed by atoms with van der Waals surface area (Å²) in [6, 6.07) is 1.63. The number of aromatic nitrogens is 2. The van der Waals surface area contributed by atoms with Crippen LogP contribution in [-0.4, -0.2) is 19.8 Å². The Morgan fingerprint density at radius 3 is 2.50 bits per heavy atom. The predicted octanol–water partition coefficient (Wildman–Crippen LogP) is 0.930. The van der Waals surface area contributed by atoms with E-state index in [1.54, 1.807) is 17.6 Å². The second-order valence-corrected chi connectivity index (χ2v) is 7.13. The molecule has 0 saturated heterocycles. The molecule has 1 aromatic rings. The van der Waals surface area contributed by atoms with Crippen molar-refractivity contribution in [2.45, 2.75) is 0 Å². The predicted molar refractivity (Wildman–Crippen MR) is 64.9 cm³/mol. The Kier molecular flexibility index (Phi) is 3.14. The van der Waals surface area contributed by atoms with Gasteiger partial charge < -0.3 is 9.79 Å². The fraction of sp³-hybridized carbons (Fsp3) is 0. The Balaban J connectivity index is 2.62. The molecule has 8 heteroatoms. The number of rotatable bonds is 2. The molecule has 5 nitrogen and oxygen atoms in total. The highest BCUT2D eigenvalue weighted by Gasteiger charge is 2.31. The molecule has 1 atom stereocenters. The third-order valence-electron chi connectivity index (χ3n) is 1.85. The van der Waals surface area contributed by atoms with Gasteiger partial charge in [0.25, 0.3) is 0 Å². The van der Waals surface area contributed by atoms with E-state index in [-0.39, 0.29) is 10.5 Å². The van der Waals surface area contributed by atoms with Crippen LogP contribution in [0.4, 0.5) is 0 Å². The third-order valence-corrected chi connectivity index (χ3v) is 6.11. The van der Waals surface area contributed by atoms with Crippen LogP contribution in [0.1, 0.15) is 5.82 Å². The minimum Gasteiger partial charge on any atom is -0.321 e. The molecule has 84 valence electrons. The van der Waals surface area contributed by atoms with Crippen molar-refractivity contribution in [2.75, 3.05) is 0 Å². The van der Waals surface area contributed by atoms with E-state index < -0.39 is 17.1 Å². The van der Waals surface area contributed by atoms with E-state index in [1.807, 2.05) is 0 Å². The summed E-state index contributed by atoms with van der Waals surface area (Å²) < 4.78 is 11.2. The molecule has 2 heterocycles. The molecule has 0 bridgehead atoms. The summed E-state index contributed by atoms with van der Waals surface area (Å²) >= 11 is 4.98. The van der Waals surface area contributed by atoms with E-state index >= 15 is 0 Å². The van der Waals surface area contributed by atoms with Crippen molar-refractivity contribution >= 4 is 33.8 Å². The molecule has 1 aliphatic rings. The van der Waals surface area contributed by atoms with E-state index in [0.29, 0.717) is 5.57 Å². The Labute approximate surface area is 98.7 Å². The van der Waals surface area contributed by atoms with Gasteiger partial charge in [-0.15, -0.1) is 0 Å². The highest BCUT2D eigenvalue weighted by atomic mass is 32.8. The van der Waals surface area contributed by atoms with Crippen LogP contribution in [0.25, 0.3) is 5.57 Å². The SMILES string of the molecule is O=P(O)(O)C1=C(c2ncccn2)C=CS1=S. The summed E-state index contributed by atoms with van der Waals surface area (Å²) in [6.07, 6.45) is 4.60. The molecule has 1 aliphatic heterocycles. The molecule has 0 fully saturated rings. The van der Waals surface area contributed by atoms with Crippen molar-refractivity contribution in [3.63, 3.8) is 0 Å². The number of allylic oxidation sites excluding steroid dienone is 2. The van der Waals surface area contributed by atoms with Gasteiger partial charge in [-0.05, 0) is 28.7 Å². The normalized spacial score (nSPS) is 20.5. The van der Waals surface area contributed by atoms with Gasteiger partial charge in [0, 0.05) is 18.0 Å². The molecule has 1 aromatic heterocycles. The van der Waals surface area contributed by atoms with Gasteiger partial charge in [-0.25, -0.2) is 9.97 Å². The average Bonchev–Trinajstić information content (AvgIpc) is 2.61. The third kappa shape index (κ3) is 2.18. The first-order chi connectivity index (χ1) is 7.50. The lowest BCUT2D eigenvalue weighted by Gasteiger charge is -2.08. The van der Waals surface area contributed by atoms with Gasteiger partial charge in [0.2, 0.25) is 0 Å². The van der Waals surface area contributed by atoms with Gasteiger partial charge in [0.15, 0.2) is 5.82 Å². The van der Waals surface area contributed by atoms with Gasteiger partial charge in [-0.3, -0.25) is 4.57 Å². The summed E-state index contributed by atoms with van der Waals surface area (Å²) in [7, 11) is -5.32. The Bertz CT molecular complexity index is 550. The molecular formula is C8H7N2O3PS2. The lowest BCUT2D eigenvalue weighted by molar-refractivity contribution is 0.385. The number of nitrogens with zero attached hydrogens (tertiary/aromatic N) is 2. The van der Waals surface area contributed by atoms with Crippen molar-refractivity contribution in [1.82, 2.24) is 9.97 Å². The average molecular weight is 274 g/mol. The Hall–Kier alpha value is -0.720. The fourth-order valence-electron chi connectivity index (χ4n) is 1.26. The molecule has 16 heavy (non-hydrogen) atoms. The summed E-state index contributed by atoms with van der Waals surface area (Å²) in [5, 5.41) is 1.58. The van der Waals surface area contributed by atoms with Crippen LogP contribution in [-0.2, 0) is 25.2 Å². The minimum atomic E-state index is -4.35. The van der Waals surface area contributed by atoms with Crippen molar-refractivity contribution in [2.24, 2.45) is 0 Å². The molecule has 0 radical (unpaired) electrons. The largest absolute Gasteiger partial charge is 0.363 e. The molecule has 0 aliphatic carbocycles. The summed E-state index contributed by atoms with van der Waals surface area (Å²) in [5.74, 6) is 0.289. The zero-order valence-electron chi connectivity index (χ0n) is 7.85. The lowest BCUT2D eigenvalue weighted by Crippen LogP contribution is -1.95. The Morgan fingerprint density at radius 1 is 1.31 bits per heavy atom. The van der Waals surface area contributed by atoms with Gasteiger partial charge in [0.05, 0.1) is 0 Å². The van der Waals surface area contributed by atoms with Crippen molar-refractivity contribution < 1.29 is 14.4 Å². The van der Waals surface area contributed by atoms with E-state index in [2.05, 4.69) is 9.97 Å². The van der Waals surface area contributed by atoms with E-state index in [4.69, 9.17) is 11.2 Å². The van der Waals surface area contributed by atoms with Crippen molar-refractivity contribution in [1.29, 1.82) is 0 Å². The maximum Gasteiger partial charge on any atom is 0.363 e. The van der Waals surface area contributed by atoms with Crippen LogP contribution < -0.4 is 0 Å². The monoisotopic (exact) mass is 274 g/mol. The number of hydrogen-bond acceptors (Lipinski definition) is 4. The molecular weight excluding hydrogens is 267 g/mol.